The van der Waals surface area contributed by atoms with Crippen molar-refractivity contribution in [3.8, 4) is 0 Å². The van der Waals surface area contributed by atoms with E-state index < -0.39 is 18.1 Å². The Morgan fingerprint density at radius 3 is 2.64 bits per heavy atom. The van der Waals surface area contributed by atoms with E-state index in [1.54, 1.807) is 0 Å². The number of aryl methyl sites for hydroxylation is 1. The van der Waals surface area contributed by atoms with Crippen molar-refractivity contribution in [1.29, 1.82) is 0 Å². The lowest BCUT2D eigenvalue weighted by atomic mass is 10.1. The summed E-state index contributed by atoms with van der Waals surface area (Å²) in [6.45, 7) is 2.08. The number of alkyl carbamates (subject to hydrolysis) is 1. The quantitative estimate of drug-likeness (QED) is 0.854. The Balaban J connectivity index is 1.94. The molecular weight excluding hydrogens is 302 g/mol. The number of carbonyl (C=O) groups is 2. The van der Waals surface area contributed by atoms with Gasteiger partial charge < -0.3 is 15.2 Å². The molecule has 1 atom stereocenters. The lowest BCUT2D eigenvalue weighted by molar-refractivity contribution is -0.137. The van der Waals surface area contributed by atoms with E-state index in [2.05, 4.69) is 5.32 Å². The van der Waals surface area contributed by atoms with Crippen LogP contribution in [0.15, 0.2) is 41.8 Å². The van der Waals surface area contributed by atoms with Crippen molar-refractivity contribution in [3.05, 3.63) is 57.8 Å². The minimum Gasteiger partial charge on any atom is -0.481 e. The standard InChI is InChI=1S/C16H17NO4S/c1-11-7-13(10-22-11)14(8-15(18)19)17-16(20)21-9-12-5-3-2-4-6-12/h2-7,10,14H,8-9H2,1H3,(H,17,20)(H,18,19)/t14-/m1/s1. The molecule has 5 nitrogen and oxygen atoms in total. The molecule has 2 rings (SSSR count). The number of hydrogen-bond donors (Lipinski definition) is 2. The highest BCUT2D eigenvalue weighted by Gasteiger charge is 2.19. The van der Waals surface area contributed by atoms with Crippen LogP contribution in [0.5, 0.6) is 0 Å². The van der Waals surface area contributed by atoms with Gasteiger partial charge >= 0.3 is 12.1 Å². The lowest BCUT2D eigenvalue weighted by Crippen LogP contribution is -2.30. The summed E-state index contributed by atoms with van der Waals surface area (Å²) >= 11 is 1.51. The van der Waals surface area contributed by atoms with Crippen molar-refractivity contribution < 1.29 is 19.4 Å². The fourth-order valence-corrected chi connectivity index (χ4v) is 2.74. The van der Waals surface area contributed by atoms with E-state index in [4.69, 9.17) is 9.84 Å². The molecule has 1 aromatic heterocycles. The highest BCUT2D eigenvalue weighted by Crippen LogP contribution is 2.23. The van der Waals surface area contributed by atoms with E-state index in [-0.39, 0.29) is 13.0 Å². The van der Waals surface area contributed by atoms with Gasteiger partial charge in [-0.1, -0.05) is 30.3 Å². The van der Waals surface area contributed by atoms with Crippen LogP contribution in [0.2, 0.25) is 0 Å². The van der Waals surface area contributed by atoms with Crippen LogP contribution in [0.25, 0.3) is 0 Å². The second kappa shape index (κ2) is 7.61. The molecule has 0 aliphatic heterocycles. The van der Waals surface area contributed by atoms with E-state index in [0.29, 0.717) is 0 Å². The zero-order chi connectivity index (χ0) is 15.9. The molecule has 6 heteroatoms. The van der Waals surface area contributed by atoms with Gasteiger partial charge in [-0.2, -0.15) is 0 Å². The van der Waals surface area contributed by atoms with Gasteiger partial charge in [0.2, 0.25) is 0 Å². The van der Waals surface area contributed by atoms with Crippen LogP contribution in [-0.4, -0.2) is 17.2 Å². The Morgan fingerprint density at radius 1 is 1.32 bits per heavy atom. The van der Waals surface area contributed by atoms with Crippen LogP contribution in [0.3, 0.4) is 0 Å². The molecule has 0 aliphatic rings. The summed E-state index contributed by atoms with van der Waals surface area (Å²) in [5.41, 5.74) is 1.65. The van der Waals surface area contributed by atoms with E-state index >= 15 is 0 Å². The van der Waals surface area contributed by atoms with Gasteiger partial charge in [-0.25, -0.2) is 4.79 Å². The van der Waals surface area contributed by atoms with Crippen LogP contribution in [0.4, 0.5) is 4.79 Å². The Kier molecular flexibility index (Phi) is 5.55. The van der Waals surface area contributed by atoms with Crippen LogP contribution in [0.1, 0.15) is 28.5 Å². The molecule has 2 aromatic rings. The monoisotopic (exact) mass is 319 g/mol. The highest BCUT2D eigenvalue weighted by atomic mass is 32.1. The zero-order valence-corrected chi connectivity index (χ0v) is 12.9. The fraction of sp³-hybridized carbons (Fsp3) is 0.250. The van der Waals surface area contributed by atoms with Crippen molar-refractivity contribution in [2.24, 2.45) is 0 Å². The molecule has 22 heavy (non-hydrogen) atoms. The van der Waals surface area contributed by atoms with Gasteiger partial charge in [0, 0.05) is 4.88 Å². The van der Waals surface area contributed by atoms with Crippen molar-refractivity contribution in [1.82, 2.24) is 5.32 Å². The molecule has 0 saturated heterocycles. The summed E-state index contributed by atoms with van der Waals surface area (Å²) < 4.78 is 5.13. The van der Waals surface area contributed by atoms with Gasteiger partial charge in [-0.15, -0.1) is 11.3 Å². The number of amides is 1. The molecule has 1 heterocycles. The summed E-state index contributed by atoms with van der Waals surface area (Å²) in [6, 6.07) is 10.6. The third kappa shape index (κ3) is 4.89. The first-order valence-corrected chi connectivity index (χ1v) is 7.66. The number of hydrogen-bond acceptors (Lipinski definition) is 4. The molecule has 116 valence electrons. The topological polar surface area (TPSA) is 75.6 Å². The van der Waals surface area contributed by atoms with Crippen molar-refractivity contribution in [2.45, 2.75) is 26.0 Å². The van der Waals surface area contributed by atoms with Crippen LogP contribution < -0.4 is 5.32 Å². The first kappa shape index (κ1) is 16.0. The second-order valence-electron chi connectivity index (χ2n) is 4.85. The third-order valence-electron chi connectivity index (χ3n) is 3.04. The Labute approximate surface area is 132 Å². The number of carboxylic acid groups (broad SMARTS) is 1. The largest absolute Gasteiger partial charge is 0.481 e. The van der Waals surface area contributed by atoms with Gasteiger partial charge in [0.1, 0.15) is 6.61 Å². The van der Waals surface area contributed by atoms with Crippen LogP contribution in [-0.2, 0) is 16.1 Å². The maximum Gasteiger partial charge on any atom is 0.407 e. The molecule has 0 unspecified atom stereocenters. The number of rotatable bonds is 6. The highest BCUT2D eigenvalue weighted by molar-refractivity contribution is 7.10. The number of carbonyl (C=O) groups excluding carboxylic acids is 1. The molecule has 0 aliphatic carbocycles. The fourth-order valence-electron chi connectivity index (χ4n) is 1.98. The molecule has 0 bridgehead atoms. The predicted octanol–water partition coefficient (Wildman–Crippen LogP) is 3.50. The molecule has 1 amide bonds. The number of thiophene rings is 1. The molecule has 0 fully saturated rings. The molecule has 0 radical (unpaired) electrons. The first-order valence-electron chi connectivity index (χ1n) is 6.78. The van der Waals surface area contributed by atoms with Gasteiger partial charge in [-0.3, -0.25) is 4.79 Å². The van der Waals surface area contributed by atoms with E-state index in [9.17, 15) is 9.59 Å². The number of benzene rings is 1. The van der Waals surface area contributed by atoms with Crippen molar-refractivity contribution >= 4 is 23.4 Å². The average Bonchev–Trinajstić information content (AvgIpc) is 2.92. The molecular formula is C16H17NO4S. The second-order valence-corrected chi connectivity index (χ2v) is 5.96. The number of carboxylic acids is 1. The summed E-state index contributed by atoms with van der Waals surface area (Å²) in [6.07, 6.45) is -0.810. The average molecular weight is 319 g/mol. The van der Waals surface area contributed by atoms with E-state index in [0.717, 1.165) is 16.0 Å². The third-order valence-corrected chi connectivity index (χ3v) is 3.92. The summed E-state index contributed by atoms with van der Waals surface area (Å²) in [7, 11) is 0. The Morgan fingerprint density at radius 2 is 2.05 bits per heavy atom. The van der Waals surface area contributed by atoms with Gasteiger partial charge in [0.05, 0.1) is 12.5 Å². The maximum absolute atomic E-state index is 11.9. The first-order chi connectivity index (χ1) is 10.5. The van der Waals surface area contributed by atoms with Gasteiger partial charge in [0.25, 0.3) is 0 Å². The lowest BCUT2D eigenvalue weighted by Gasteiger charge is -2.16. The van der Waals surface area contributed by atoms with E-state index in [1.807, 2.05) is 48.7 Å². The van der Waals surface area contributed by atoms with Crippen LogP contribution >= 0.6 is 11.3 Å². The predicted molar refractivity (Wildman–Crippen MR) is 83.8 cm³/mol. The maximum atomic E-state index is 11.9. The Bertz CT molecular complexity index is 639. The Hall–Kier alpha value is -2.34. The normalized spacial score (nSPS) is 11.7. The summed E-state index contributed by atoms with van der Waals surface area (Å²) in [5.74, 6) is -0.975. The molecule has 0 saturated carbocycles. The van der Waals surface area contributed by atoms with Gasteiger partial charge in [0.15, 0.2) is 0 Å². The molecule has 0 spiro atoms. The van der Waals surface area contributed by atoms with Crippen molar-refractivity contribution in [3.63, 3.8) is 0 Å². The van der Waals surface area contributed by atoms with Gasteiger partial charge in [-0.05, 0) is 29.5 Å². The summed E-state index contributed by atoms with van der Waals surface area (Å²) in [4.78, 5) is 23.9. The number of ether oxygens (including phenoxy) is 1. The minimum atomic E-state index is -0.975. The molecule has 2 N–H and O–H groups in total. The molecule has 1 aromatic carbocycles. The number of nitrogens with one attached hydrogen (secondary N) is 1. The zero-order valence-electron chi connectivity index (χ0n) is 12.1. The SMILES string of the molecule is Cc1cc([C@@H](CC(=O)O)NC(=O)OCc2ccccc2)cs1. The smallest absolute Gasteiger partial charge is 0.407 e. The van der Waals surface area contributed by atoms with Crippen LogP contribution in [0, 0.1) is 6.92 Å². The van der Waals surface area contributed by atoms with Crippen molar-refractivity contribution in [2.75, 3.05) is 0 Å². The van der Waals surface area contributed by atoms with E-state index in [1.165, 1.54) is 11.3 Å². The minimum absolute atomic E-state index is 0.148. The summed E-state index contributed by atoms with van der Waals surface area (Å²) in [5, 5.41) is 13.4. The number of aliphatic carboxylic acids is 1.